The SMILES string of the molecule is CCC(C)N(CC)S(=O)(=O)c1cc(N)cc(Cl)c1F. The first-order valence-corrected chi connectivity index (χ1v) is 7.83. The van der Waals surface area contributed by atoms with Gasteiger partial charge >= 0.3 is 0 Å². The molecule has 0 fully saturated rings. The lowest BCUT2D eigenvalue weighted by Gasteiger charge is -2.26. The molecule has 1 unspecified atom stereocenters. The van der Waals surface area contributed by atoms with Crippen LogP contribution in [-0.2, 0) is 10.0 Å². The molecule has 0 aromatic heterocycles. The number of nitrogens with two attached hydrogens (primary N) is 1. The van der Waals surface area contributed by atoms with Crippen LogP contribution in [0.2, 0.25) is 5.02 Å². The van der Waals surface area contributed by atoms with Crippen molar-refractivity contribution in [2.24, 2.45) is 0 Å². The fraction of sp³-hybridized carbons (Fsp3) is 0.500. The highest BCUT2D eigenvalue weighted by Gasteiger charge is 2.30. The minimum atomic E-state index is -3.94. The van der Waals surface area contributed by atoms with Crippen molar-refractivity contribution >= 4 is 27.3 Å². The molecular weight excluding hydrogens is 291 g/mol. The molecule has 4 nitrogen and oxygen atoms in total. The fourth-order valence-electron chi connectivity index (χ4n) is 1.82. The Hall–Kier alpha value is -0.850. The van der Waals surface area contributed by atoms with Gasteiger partial charge in [0.05, 0.1) is 5.02 Å². The van der Waals surface area contributed by atoms with Crippen molar-refractivity contribution in [3.05, 3.63) is 23.0 Å². The van der Waals surface area contributed by atoms with Crippen LogP contribution in [0.4, 0.5) is 10.1 Å². The molecule has 0 saturated heterocycles. The summed E-state index contributed by atoms with van der Waals surface area (Å²) in [6.07, 6.45) is 0.630. The number of halogens is 2. The maximum atomic E-state index is 13.9. The van der Waals surface area contributed by atoms with E-state index in [0.29, 0.717) is 6.42 Å². The van der Waals surface area contributed by atoms with Gasteiger partial charge < -0.3 is 5.73 Å². The average Bonchev–Trinajstić information content (AvgIpc) is 2.33. The third kappa shape index (κ3) is 3.19. The van der Waals surface area contributed by atoms with E-state index < -0.39 is 20.7 Å². The molecule has 1 rings (SSSR count). The number of sulfonamides is 1. The number of nitrogens with zero attached hydrogens (tertiary/aromatic N) is 1. The molecule has 0 radical (unpaired) electrons. The van der Waals surface area contributed by atoms with Crippen LogP contribution in [0, 0.1) is 5.82 Å². The van der Waals surface area contributed by atoms with Crippen LogP contribution in [0.1, 0.15) is 27.2 Å². The Morgan fingerprint density at radius 1 is 1.42 bits per heavy atom. The van der Waals surface area contributed by atoms with Gasteiger partial charge in [-0.1, -0.05) is 25.4 Å². The van der Waals surface area contributed by atoms with Crippen molar-refractivity contribution in [1.29, 1.82) is 0 Å². The summed E-state index contributed by atoms with van der Waals surface area (Å²) in [5.74, 6) is -0.961. The summed E-state index contributed by atoms with van der Waals surface area (Å²) in [7, 11) is -3.94. The predicted octanol–water partition coefficient (Wildman–Crippen LogP) is 2.87. The van der Waals surface area contributed by atoms with Gasteiger partial charge in [-0.2, -0.15) is 4.31 Å². The second kappa shape index (κ2) is 6.07. The molecule has 0 aliphatic rings. The van der Waals surface area contributed by atoms with Crippen LogP contribution in [0.5, 0.6) is 0 Å². The minimum absolute atomic E-state index is 0.116. The third-order valence-corrected chi connectivity index (χ3v) is 5.36. The van der Waals surface area contributed by atoms with E-state index in [4.69, 9.17) is 17.3 Å². The van der Waals surface area contributed by atoms with Gasteiger partial charge in [0.1, 0.15) is 4.90 Å². The Morgan fingerprint density at radius 3 is 2.47 bits per heavy atom. The van der Waals surface area contributed by atoms with Gasteiger partial charge in [-0.05, 0) is 25.5 Å². The number of benzene rings is 1. The number of nitrogen functional groups attached to an aromatic ring is 1. The quantitative estimate of drug-likeness (QED) is 0.851. The molecule has 0 spiro atoms. The zero-order valence-corrected chi connectivity index (χ0v) is 12.7. The first-order valence-electron chi connectivity index (χ1n) is 6.02. The van der Waals surface area contributed by atoms with Gasteiger partial charge in [0, 0.05) is 18.3 Å². The van der Waals surface area contributed by atoms with Crippen molar-refractivity contribution in [3.8, 4) is 0 Å². The summed E-state index contributed by atoms with van der Waals surface area (Å²) < 4.78 is 40.1. The molecule has 0 heterocycles. The molecule has 0 saturated carbocycles. The molecule has 19 heavy (non-hydrogen) atoms. The van der Waals surface area contributed by atoms with Gasteiger partial charge in [0.25, 0.3) is 0 Å². The maximum absolute atomic E-state index is 13.9. The van der Waals surface area contributed by atoms with Crippen LogP contribution in [0.15, 0.2) is 17.0 Å². The second-order valence-corrected chi connectivity index (χ2v) is 6.55. The van der Waals surface area contributed by atoms with Crippen LogP contribution >= 0.6 is 11.6 Å². The normalized spacial score (nSPS) is 13.8. The summed E-state index contributed by atoms with van der Waals surface area (Å²) in [5, 5.41) is -0.293. The van der Waals surface area contributed by atoms with Gasteiger partial charge in [-0.3, -0.25) is 0 Å². The topological polar surface area (TPSA) is 63.4 Å². The molecule has 0 bridgehead atoms. The highest BCUT2D eigenvalue weighted by atomic mass is 35.5. The van der Waals surface area contributed by atoms with Gasteiger partial charge in [0.15, 0.2) is 5.82 Å². The van der Waals surface area contributed by atoms with Crippen molar-refractivity contribution < 1.29 is 12.8 Å². The molecular formula is C12H18ClFN2O2S. The average molecular weight is 309 g/mol. The smallest absolute Gasteiger partial charge is 0.246 e. The van der Waals surface area contributed by atoms with Crippen molar-refractivity contribution in [2.45, 2.75) is 38.1 Å². The van der Waals surface area contributed by atoms with E-state index in [-0.39, 0.29) is 23.3 Å². The zero-order valence-electron chi connectivity index (χ0n) is 11.2. The number of hydrogen-bond donors (Lipinski definition) is 1. The lowest BCUT2D eigenvalue weighted by molar-refractivity contribution is 0.341. The Labute approximate surface area is 118 Å². The number of hydrogen-bond acceptors (Lipinski definition) is 3. The summed E-state index contributed by atoms with van der Waals surface area (Å²) in [6.45, 7) is 5.59. The van der Waals surface area contributed by atoms with Gasteiger partial charge in [-0.15, -0.1) is 0 Å². The van der Waals surface area contributed by atoms with Crippen LogP contribution < -0.4 is 5.73 Å². The Balaban J connectivity index is 3.42. The summed E-state index contributed by atoms with van der Waals surface area (Å²) in [5.41, 5.74) is 5.66. The molecule has 1 aromatic carbocycles. The lowest BCUT2D eigenvalue weighted by Crippen LogP contribution is -2.38. The van der Waals surface area contributed by atoms with E-state index in [1.807, 2.05) is 6.92 Å². The molecule has 1 aromatic rings. The maximum Gasteiger partial charge on any atom is 0.246 e. The van der Waals surface area contributed by atoms with E-state index >= 15 is 0 Å². The lowest BCUT2D eigenvalue weighted by atomic mass is 10.3. The van der Waals surface area contributed by atoms with E-state index in [1.165, 1.54) is 10.4 Å². The third-order valence-electron chi connectivity index (χ3n) is 3.00. The molecule has 2 N–H and O–H groups in total. The highest BCUT2D eigenvalue weighted by Crippen LogP contribution is 2.29. The van der Waals surface area contributed by atoms with Gasteiger partial charge in [0.2, 0.25) is 10.0 Å². The minimum Gasteiger partial charge on any atom is -0.399 e. The molecule has 0 aliphatic carbocycles. The second-order valence-electron chi connectivity index (χ2n) is 4.28. The monoisotopic (exact) mass is 308 g/mol. The summed E-state index contributed by atoms with van der Waals surface area (Å²) in [4.78, 5) is -0.473. The van der Waals surface area contributed by atoms with E-state index in [2.05, 4.69) is 0 Å². The van der Waals surface area contributed by atoms with Gasteiger partial charge in [-0.25, -0.2) is 12.8 Å². The van der Waals surface area contributed by atoms with Crippen LogP contribution in [-0.4, -0.2) is 25.3 Å². The van der Waals surface area contributed by atoms with Crippen molar-refractivity contribution in [1.82, 2.24) is 4.31 Å². The van der Waals surface area contributed by atoms with Crippen LogP contribution in [0.25, 0.3) is 0 Å². The molecule has 1 atom stereocenters. The highest BCUT2D eigenvalue weighted by molar-refractivity contribution is 7.89. The Kier molecular flexibility index (Phi) is 5.18. The molecule has 108 valence electrons. The Bertz CT molecular complexity index is 563. The molecule has 7 heteroatoms. The summed E-state index contributed by atoms with van der Waals surface area (Å²) >= 11 is 5.65. The standard InChI is InChI=1S/C12H18ClFN2O2S/c1-4-8(3)16(5-2)19(17,18)11-7-9(15)6-10(13)12(11)14/h6-8H,4-5,15H2,1-3H3. The predicted molar refractivity (Wildman–Crippen MR) is 75.1 cm³/mol. The molecule has 0 amide bonds. The number of rotatable bonds is 5. The van der Waals surface area contributed by atoms with Crippen molar-refractivity contribution in [2.75, 3.05) is 12.3 Å². The summed E-state index contributed by atoms with van der Waals surface area (Å²) in [6, 6.07) is 2.06. The number of anilines is 1. The Morgan fingerprint density at radius 2 is 2.00 bits per heavy atom. The van der Waals surface area contributed by atoms with E-state index in [1.54, 1.807) is 13.8 Å². The zero-order chi connectivity index (χ0) is 14.8. The van der Waals surface area contributed by atoms with Crippen molar-refractivity contribution in [3.63, 3.8) is 0 Å². The molecule has 0 aliphatic heterocycles. The first-order chi connectivity index (χ1) is 8.75. The van der Waals surface area contributed by atoms with Crippen LogP contribution in [0.3, 0.4) is 0 Å². The largest absolute Gasteiger partial charge is 0.399 e. The fourth-order valence-corrected chi connectivity index (χ4v) is 3.94. The first kappa shape index (κ1) is 16.2. The van der Waals surface area contributed by atoms with E-state index in [0.717, 1.165) is 6.07 Å². The van der Waals surface area contributed by atoms with E-state index in [9.17, 15) is 12.8 Å².